The molecule has 0 unspecified atom stereocenters. The lowest BCUT2D eigenvalue weighted by Crippen LogP contribution is -2.25. The molecule has 0 saturated carbocycles. The Kier molecular flexibility index (Phi) is 5.94. The van der Waals surface area contributed by atoms with Gasteiger partial charge in [-0.05, 0) is 32.3 Å². The molecule has 0 amide bonds. The molecule has 2 rings (SSSR count). The molecular formula is C16H23N5. The van der Waals surface area contributed by atoms with Crippen LogP contribution in [0.1, 0.15) is 25.8 Å². The zero-order valence-electron chi connectivity index (χ0n) is 12.8. The lowest BCUT2D eigenvalue weighted by atomic mass is 10.1. The number of nitrogens with zero attached hydrogens (tertiary/aromatic N) is 4. The predicted octanol–water partition coefficient (Wildman–Crippen LogP) is 2.76. The summed E-state index contributed by atoms with van der Waals surface area (Å²) in [4.78, 5) is 6.59. The summed E-state index contributed by atoms with van der Waals surface area (Å²) in [7, 11) is 0. The molecule has 0 radical (unpaired) electrons. The number of benzene rings is 1. The molecule has 0 fully saturated rings. The molecular weight excluding hydrogens is 262 g/mol. The standard InChI is InChI=1S/C16H23N5/c1-3-21(4-2)16-19-15(13-18-20-16)17-12-8-11-14-9-6-5-7-10-14/h5-7,9-10,13H,3-4,8,11-12H2,1-2H3,(H,17,19,20). The summed E-state index contributed by atoms with van der Waals surface area (Å²) in [5, 5.41) is 11.4. The second-order valence-electron chi connectivity index (χ2n) is 4.83. The Bertz CT molecular complexity index is 525. The second-order valence-corrected chi connectivity index (χ2v) is 4.83. The van der Waals surface area contributed by atoms with Crippen LogP contribution in [0, 0.1) is 0 Å². The summed E-state index contributed by atoms with van der Waals surface area (Å²) >= 11 is 0. The van der Waals surface area contributed by atoms with Crippen LogP contribution < -0.4 is 10.2 Å². The third-order valence-corrected chi connectivity index (χ3v) is 3.39. The zero-order chi connectivity index (χ0) is 14.9. The van der Waals surface area contributed by atoms with Crippen molar-refractivity contribution in [2.75, 3.05) is 29.9 Å². The maximum atomic E-state index is 4.50. The molecule has 1 heterocycles. The Hall–Kier alpha value is -2.17. The molecule has 1 N–H and O–H groups in total. The minimum Gasteiger partial charge on any atom is -0.369 e. The molecule has 0 saturated heterocycles. The SMILES string of the molecule is CCN(CC)c1nncc(NCCCc2ccccc2)n1. The first-order chi connectivity index (χ1) is 10.3. The summed E-state index contributed by atoms with van der Waals surface area (Å²) < 4.78 is 0. The van der Waals surface area contributed by atoms with Crippen molar-refractivity contribution in [3.8, 4) is 0 Å². The van der Waals surface area contributed by atoms with Gasteiger partial charge in [-0.1, -0.05) is 30.3 Å². The van der Waals surface area contributed by atoms with Crippen LogP contribution in [0.25, 0.3) is 0 Å². The molecule has 21 heavy (non-hydrogen) atoms. The van der Waals surface area contributed by atoms with Crippen molar-refractivity contribution in [3.05, 3.63) is 42.1 Å². The molecule has 112 valence electrons. The molecule has 5 nitrogen and oxygen atoms in total. The van der Waals surface area contributed by atoms with Gasteiger partial charge in [0.2, 0.25) is 5.95 Å². The number of nitrogens with one attached hydrogen (secondary N) is 1. The van der Waals surface area contributed by atoms with E-state index in [1.807, 2.05) is 6.07 Å². The van der Waals surface area contributed by atoms with Gasteiger partial charge in [0.1, 0.15) is 0 Å². The average molecular weight is 285 g/mol. The fourth-order valence-corrected chi connectivity index (χ4v) is 2.17. The highest BCUT2D eigenvalue weighted by molar-refractivity contribution is 5.38. The summed E-state index contributed by atoms with van der Waals surface area (Å²) in [6.45, 7) is 6.83. The van der Waals surface area contributed by atoms with Crippen LogP contribution in [-0.2, 0) is 6.42 Å². The fourth-order valence-electron chi connectivity index (χ4n) is 2.17. The van der Waals surface area contributed by atoms with Gasteiger partial charge in [0, 0.05) is 19.6 Å². The first kappa shape index (κ1) is 15.2. The number of hydrogen-bond donors (Lipinski definition) is 1. The highest BCUT2D eigenvalue weighted by atomic mass is 15.3. The quantitative estimate of drug-likeness (QED) is 0.756. The van der Waals surface area contributed by atoms with Crippen LogP contribution in [0.5, 0.6) is 0 Å². The third kappa shape index (κ3) is 4.70. The number of aromatic nitrogens is 3. The van der Waals surface area contributed by atoms with Crippen LogP contribution in [0.3, 0.4) is 0 Å². The Labute approximate surface area is 126 Å². The van der Waals surface area contributed by atoms with Crippen molar-refractivity contribution in [3.63, 3.8) is 0 Å². The predicted molar refractivity (Wildman–Crippen MR) is 86.6 cm³/mol. The van der Waals surface area contributed by atoms with Crippen LogP contribution in [0.4, 0.5) is 11.8 Å². The molecule has 5 heteroatoms. The first-order valence-corrected chi connectivity index (χ1v) is 7.56. The molecule has 0 bridgehead atoms. The van der Waals surface area contributed by atoms with Gasteiger partial charge in [0.15, 0.2) is 5.82 Å². The van der Waals surface area contributed by atoms with E-state index in [1.165, 1.54) is 5.56 Å². The molecule has 0 aliphatic rings. The lowest BCUT2D eigenvalue weighted by Gasteiger charge is -2.18. The van der Waals surface area contributed by atoms with Gasteiger partial charge in [-0.15, -0.1) is 5.10 Å². The summed E-state index contributed by atoms with van der Waals surface area (Å²) in [6, 6.07) is 10.5. The molecule has 2 aromatic rings. The van der Waals surface area contributed by atoms with E-state index >= 15 is 0 Å². The van der Waals surface area contributed by atoms with Gasteiger partial charge >= 0.3 is 0 Å². The number of hydrogen-bond acceptors (Lipinski definition) is 5. The Morgan fingerprint density at radius 1 is 1.10 bits per heavy atom. The van der Waals surface area contributed by atoms with Gasteiger partial charge in [0.05, 0.1) is 6.20 Å². The van der Waals surface area contributed by atoms with E-state index in [4.69, 9.17) is 0 Å². The number of rotatable bonds is 8. The highest BCUT2D eigenvalue weighted by Crippen LogP contribution is 2.09. The minimum atomic E-state index is 0.688. The molecule has 0 spiro atoms. The lowest BCUT2D eigenvalue weighted by molar-refractivity contribution is 0.790. The monoisotopic (exact) mass is 285 g/mol. The number of aryl methyl sites for hydroxylation is 1. The van der Waals surface area contributed by atoms with Crippen molar-refractivity contribution in [2.24, 2.45) is 0 Å². The van der Waals surface area contributed by atoms with Crippen LogP contribution in [0.15, 0.2) is 36.5 Å². The summed E-state index contributed by atoms with van der Waals surface area (Å²) in [6.07, 6.45) is 3.80. The van der Waals surface area contributed by atoms with Gasteiger partial charge in [-0.3, -0.25) is 0 Å². The van der Waals surface area contributed by atoms with E-state index in [0.29, 0.717) is 5.95 Å². The molecule has 0 aliphatic heterocycles. The third-order valence-electron chi connectivity index (χ3n) is 3.39. The average Bonchev–Trinajstić information content (AvgIpc) is 2.54. The normalized spacial score (nSPS) is 10.4. The Balaban J connectivity index is 1.82. The van der Waals surface area contributed by atoms with Gasteiger partial charge in [0.25, 0.3) is 0 Å². The maximum Gasteiger partial charge on any atom is 0.247 e. The topological polar surface area (TPSA) is 53.9 Å². The van der Waals surface area contributed by atoms with E-state index in [-0.39, 0.29) is 0 Å². The minimum absolute atomic E-state index is 0.688. The Morgan fingerprint density at radius 2 is 1.86 bits per heavy atom. The van der Waals surface area contributed by atoms with E-state index in [9.17, 15) is 0 Å². The number of anilines is 2. The van der Waals surface area contributed by atoms with Crippen molar-refractivity contribution in [1.29, 1.82) is 0 Å². The Morgan fingerprint density at radius 3 is 2.57 bits per heavy atom. The van der Waals surface area contributed by atoms with Crippen molar-refractivity contribution in [2.45, 2.75) is 26.7 Å². The molecule has 0 atom stereocenters. The zero-order valence-corrected chi connectivity index (χ0v) is 12.8. The molecule has 0 aliphatic carbocycles. The van der Waals surface area contributed by atoms with Crippen LogP contribution in [0.2, 0.25) is 0 Å². The van der Waals surface area contributed by atoms with Gasteiger partial charge in [-0.25, -0.2) is 0 Å². The van der Waals surface area contributed by atoms with Crippen molar-refractivity contribution in [1.82, 2.24) is 15.2 Å². The summed E-state index contributed by atoms with van der Waals surface area (Å²) in [5.74, 6) is 1.48. The second kappa shape index (κ2) is 8.19. The van der Waals surface area contributed by atoms with Gasteiger partial charge in [-0.2, -0.15) is 10.1 Å². The fraction of sp³-hybridized carbons (Fsp3) is 0.438. The summed E-state index contributed by atoms with van der Waals surface area (Å²) in [5.41, 5.74) is 1.36. The first-order valence-electron chi connectivity index (χ1n) is 7.56. The van der Waals surface area contributed by atoms with E-state index < -0.39 is 0 Å². The maximum absolute atomic E-state index is 4.50. The van der Waals surface area contributed by atoms with Crippen molar-refractivity contribution < 1.29 is 0 Å². The highest BCUT2D eigenvalue weighted by Gasteiger charge is 2.06. The van der Waals surface area contributed by atoms with Crippen LogP contribution >= 0.6 is 0 Å². The van der Waals surface area contributed by atoms with E-state index in [0.717, 1.165) is 38.3 Å². The van der Waals surface area contributed by atoms with E-state index in [1.54, 1.807) is 6.20 Å². The van der Waals surface area contributed by atoms with Crippen molar-refractivity contribution >= 4 is 11.8 Å². The van der Waals surface area contributed by atoms with Gasteiger partial charge < -0.3 is 10.2 Å². The molecule has 1 aromatic carbocycles. The van der Waals surface area contributed by atoms with E-state index in [2.05, 4.69) is 63.5 Å². The van der Waals surface area contributed by atoms with Crippen LogP contribution in [-0.4, -0.2) is 34.8 Å². The largest absolute Gasteiger partial charge is 0.369 e. The smallest absolute Gasteiger partial charge is 0.247 e. The molecule has 1 aromatic heterocycles.